The number of anilines is 5. The van der Waals surface area contributed by atoms with Gasteiger partial charge < -0.3 is 35.3 Å². The summed E-state index contributed by atoms with van der Waals surface area (Å²) < 4.78 is 21.8. The first-order valence-electron chi connectivity index (χ1n) is 9.04. The van der Waals surface area contributed by atoms with Crippen LogP contribution in [0.25, 0.3) is 0 Å². The van der Waals surface area contributed by atoms with Crippen LogP contribution in [0.5, 0.6) is 23.0 Å². The van der Waals surface area contributed by atoms with Gasteiger partial charge in [0.05, 0.1) is 24.9 Å². The predicted molar refractivity (Wildman–Crippen MR) is 115 cm³/mol. The number of nitrogens with one attached hydrogen (secondary N) is 2. The molecule has 4 N–H and O–H groups in total. The fraction of sp³-hybridized carbons (Fsp3) is 0.200. The molecule has 30 heavy (non-hydrogen) atoms. The first-order chi connectivity index (χ1) is 14.6. The van der Waals surface area contributed by atoms with E-state index < -0.39 is 0 Å². The lowest BCUT2D eigenvalue weighted by molar-refractivity contribution is 0.171. The minimum absolute atomic E-state index is 0.321. The molecular weight excluding hydrogens is 410 g/mol. The number of halogens is 1. The molecule has 1 aliphatic rings. The Bertz CT molecular complexity index is 1080. The second-order valence-corrected chi connectivity index (χ2v) is 6.69. The molecule has 0 unspecified atom stereocenters. The van der Waals surface area contributed by atoms with Crippen LogP contribution in [0, 0.1) is 0 Å². The number of rotatable bonds is 6. The van der Waals surface area contributed by atoms with Crippen molar-refractivity contribution in [3.63, 3.8) is 0 Å². The molecule has 0 amide bonds. The number of fused-ring (bicyclic) bond motifs is 1. The second kappa shape index (κ2) is 8.42. The van der Waals surface area contributed by atoms with Gasteiger partial charge in [-0.1, -0.05) is 11.6 Å². The van der Waals surface area contributed by atoms with Gasteiger partial charge in [0.1, 0.15) is 36.7 Å². The summed E-state index contributed by atoms with van der Waals surface area (Å²) in [7, 11) is 3.08. The average molecular weight is 430 g/mol. The van der Waals surface area contributed by atoms with Crippen molar-refractivity contribution >= 4 is 40.3 Å². The van der Waals surface area contributed by atoms with Gasteiger partial charge in [-0.3, -0.25) is 0 Å². The lowest BCUT2D eigenvalue weighted by atomic mass is 10.2. The SMILES string of the molecule is COc1cc(OC)c(Nc2ncnc(Nc3ccc4c(c3)OCCO4)c2N)cc1Cl. The molecule has 4 rings (SSSR count). The molecule has 156 valence electrons. The smallest absolute Gasteiger partial charge is 0.163 e. The summed E-state index contributed by atoms with van der Waals surface area (Å²) in [6.45, 7) is 1.04. The van der Waals surface area contributed by atoms with Gasteiger partial charge in [0, 0.05) is 17.8 Å². The molecule has 0 spiro atoms. The van der Waals surface area contributed by atoms with Gasteiger partial charge in [0.25, 0.3) is 0 Å². The number of nitrogen functional groups attached to an aromatic ring is 1. The maximum absolute atomic E-state index is 6.30. The maximum Gasteiger partial charge on any atom is 0.163 e. The van der Waals surface area contributed by atoms with Crippen LogP contribution in [-0.4, -0.2) is 37.4 Å². The highest BCUT2D eigenvalue weighted by Crippen LogP contribution is 2.39. The lowest BCUT2D eigenvalue weighted by Crippen LogP contribution is -2.15. The van der Waals surface area contributed by atoms with Gasteiger partial charge in [0.15, 0.2) is 23.1 Å². The number of hydrogen-bond donors (Lipinski definition) is 3. The summed E-state index contributed by atoms with van der Waals surface area (Å²) in [5.41, 5.74) is 7.95. The molecule has 0 atom stereocenters. The number of hydrogen-bond acceptors (Lipinski definition) is 9. The van der Waals surface area contributed by atoms with E-state index in [1.807, 2.05) is 18.2 Å². The van der Waals surface area contributed by atoms with Gasteiger partial charge in [-0.15, -0.1) is 0 Å². The highest BCUT2D eigenvalue weighted by Gasteiger charge is 2.16. The lowest BCUT2D eigenvalue weighted by Gasteiger charge is -2.19. The van der Waals surface area contributed by atoms with Crippen LogP contribution >= 0.6 is 11.6 Å². The van der Waals surface area contributed by atoms with Crippen LogP contribution in [-0.2, 0) is 0 Å². The molecule has 1 aliphatic heterocycles. The zero-order valence-corrected chi connectivity index (χ0v) is 17.1. The molecule has 2 aromatic carbocycles. The van der Waals surface area contributed by atoms with E-state index in [0.29, 0.717) is 64.2 Å². The summed E-state index contributed by atoms with van der Waals surface area (Å²) >= 11 is 6.24. The highest BCUT2D eigenvalue weighted by molar-refractivity contribution is 6.32. The quantitative estimate of drug-likeness (QED) is 0.535. The van der Waals surface area contributed by atoms with E-state index in [9.17, 15) is 0 Å². The summed E-state index contributed by atoms with van der Waals surface area (Å²) in [5.74, 6) is 3.21. The molecule has 1 aromatic heterocycles. The van der Waals surface area contributed by atoms with Crippen molar-refractivity contribution in [2.45, 2.75) is 0 Å². The van der Waals surface area contributed by atoms with E-state index in [1.54, 1.807) is 19.2 Å². The fourth-order valence-electron chi connectivity index (χ4n) is 2.94. The molecule has 9 nitrogen and oxygen atoms in total. The second-order valence-electron chi connectivity index (χ2n) is 6.28. The fourth-order valence-corrected chi connectivity index (χ4v) is 3.18. The molecule has 2 heterocycles. The van der Waals surface area contributed by atoms with Gasteiger partial charge >= 0.3 is 0 Å². The summed E-state index contributed by atoms with van der Waals surface area (Å²) in [6, 6.07) is 8.87. The molecule has 0 radical (unpaired) electrons. The summed E-state index contributed by atoms with van der Waals surface area (Å²) in [4.78, 5) is 8.47. The van der Waals surface area contributed by atoms with Crippen LogP contribution in [0.4, 0.5) is 28.7 Å². The highest BCUT2D eigenvalue weighted by atomic mass is 35.5. The standard InChI is InChI=1S/C20H20ClN5O4/c1-27-15-9-16(28-2)13(8-12(15)21)26-20-18(22)19(23-10-24-20)25-11-3-4-14-17(7-11)30-6-5-29-14/h3-4,7-10H,5-6,22H2,1-2H3,(H2,23,24,25,26). The molecule has 0 fully saturated rings. The molecule has 0 aliphatic carbocycles. The van der Waals surface area contributed by atoms with Crippen LogP contribution in [0.15, 0.2) is 36.7 Å². The molecule has 0 saturated carbocycles. The van der Waals surface area contributed by atoms with Crippen LogP contribution in [0.3, 0.4) is 0 Å². The molecule has 0 saturated heterocycles. The average Bonchev–Trinajstić information content (AvgIpc) is 2.76. The van der Waals surface area contributed by atoms with E-state index >= 15 is 0 Å². The third-order valence-electron chi connectivity index (χ3n) is 4.42. The predicted octanol–water partition coefficient (Wildman–Crippen LogP) is 3.99. The van der Waals surface area contributed by atoms with Crippen LogP contribution in [0.1, 0.15) is 0 Å². The Balaban J connectivity index is 1.60. The Kier molecular flexibility index (Phi) is 5.53. The molecule has 0 bridgehead atoms. The van der Waals surface area contributed by atoms with Gasteiger partial charge in [-0.05, 0) is 18.2 Å². The number of aromatic nitrogens is 2. The third-order valence-corrected chi connectivity index (χ3v) is 4.71. The minimum Gasteiger partial charge on any atom is -0.495 e. The Hall–Kier alpha value is -3.59. The van der Waals surface area contributed by atoms with Crippen molar-refractivity contribution < 1.29 is 18.9 Å². The van der Waals surface area contributed by atoms with E-state index in [0.717, 1.165) is 5.69 Å². The van der Waals surface area contributed by atoms with Gasteiger partial charge in [0.2, 0.25) is 0 Å². The number of nitrogens with zero attached hydrogens (tertiary/aromatic N) is 2. The Morgan fingerprint density at radius 1 is 0.933 bits per heavy atom. The Morgan fingerprint density at radius 2 is 1.63 bits per heavy atom. The van der Waals surface area contributed by atoms with Gasteiger partial charge in [-0.25, -0.2) is 9.97 Å². The number of benzene rings is 2. The number of nitrogens with two attached hydrogens (primary N) is 1. The largest absolute Gasteiger partial charge is 0.495 e. The molecule has 3 aromatic rings. The molecular formula is C20H20ClN5O4. The van der Waals surface area contributed by atoms with Crippen molar-refractivity contribution in [1.82, 2.24) is 9.97 Å². The first-order valence-corrected chi connectivity index (χ1v) is 9.42. The number of methoxy groups -OCH3 is 2. The van der Waals surface area contributed by atoms with Gasteiger partial charge in [-0.2, -0.15) is 0 Å². The normalized spacial score (nSPS) is 12.2. The van der Waals surface area contributed by atoms with Crippen LogP contribution < -0.4 is 35.3 Å². The van der Waals surface area contributed by atoms with Crippen molar-refractivity contribution in [3.05, 3.63) is 41.7 Å². The first kappa shape index (κ1) is 19.7. The van der Waals surface area contributed by atoms with Crippen molar-refractivity contribution in [1.29, 1.82) is 0 Å². The van der Waals surface area contributed by atoms with E-state index in [2.05, 4.69) is 20.6 Å². The van der Waals surface area contributed by atoms with E-state index in [-0.39, 0.29) is 0 Å². The minimum atomic E-state index is 0.321. The Labute approximate surface area is 178 Å². The van der Waals surface area contributed by atoms with E-state index in [4.69, 9.17) is 36.3 Å². The Morgan fingerprint density at radius 3 is 2.37 bits per heavy atom. The summed E-state index contributed by atoms with van der Waals surface area (Å²) in [6.07, 6.45) is 1.40. The van der Waals surface area contributed by atoms with Crippen LogP contribution in [0.2, 0.25) is 5.02 Å². The third kappa shape index (κ3) is 3.92. The molecule has 10 heteroatoms. The van der Waals surface area contributed by atoms with Crippen molar-refractivity contribution in [2.24, 2.45) is 0 Å². The monoisotopic (exact) mass is 429 g/mol. The summed E-state index contributed by atoms with van der Waals surface area (Å²) in [5, 5.41) is 6.73. The topological polar surface area (TPSA) is 113 Å². The maximum atomic E-state index is 6.30. The zero-order valence-electron chi connectivity index (χ0n) is 16.4. The number of ether oxygens (including phenoxy) is 4. The van der Waals surface area contributed by atoms with Crippen molar-refractivity contribution in [3.8, 4) is 23.0 Å². The zero-order chi connectivity index (χ0) is 21.1. The van der Waals surface area contributed by atoms with E-state index in [1.165, 1.54) is 13.4 Å². The van der Waals surface area contributed by atoms with Crippen molar-refractivity contribution in [2.75, 3.05) is 43.8 Å².